The molecule has 3 heteroatoms. The van der Waals surface area contributed by atoms with Gasteiger partial charge in [-0.1, -0.05) is 19.1 Å². The Kier molecular flexibility index (Phi) is 3.15. The van der Waals surface area contributed by atoms with E-state index >= 15 is 0 Å². The SMILES string of the molecule is CC1C(N)CCN(c2cccc3ccncc23)C1C. The summed E-state index contributed by atoms with van der Waals surface area (Å²) in [4.78, 5) is 6.76. The number of benzene rings is 1. The van der Waals surface area contributed by atoms with Gasteiger partial charge in [0.25, 0.3) is 0 Å². The molecule has 1 aliphatic heterocycles. The zero-order chi connectivity index (χ0) is 13.4. The van der Waals surface area contributed by atoms with Crippen LogP contribution in [-0.4, -0.2) is 23.6 Å². The topological polar surface area (TPSA) is 42.1 Å². The largest absolute Gasteiger partial charge is 0.368 e. The van der Waals surface area contributed by atoms with Gasteiger partial charge in [0.1, 0.15) is 0 Å². The first-order valence-electron chi connectivity index (χ1n) is 7.03. The lowest BCUT2D eigenvalue weighted by Gasteiger charge is -2.43. The van der Waals surface area contributed by atoms with Crippen molar-refractivity contribution in [3.63, 3.8) is 0 Å². The van der Waals surface area contributed by atoms with Crippen LogP contribution in [-0.2, 0) is 0 Å². The van der Waals surface area contributed by atoms with Gasteiger partial charge in [-0.2, -0.15) is 0 Å². The molecule has 1 fully saturated rings. The van der Waals surface area contributed by atoms with Crippen molar-refractivity contribution in [2.45, 2.75) is 32.4 Å². The first-order valence-corrected chi connectivity index (χ1v) is 7.03. The van der Waals surface area contributed by atoms with Crippen LogP contribution in [0.1, 0.15) is 20.3 Å². The number of hydrogen-bond acceptors (Lipinski definition) is 3. The van der Waals surface area contributed by atoms with Crippen LogP contribution in [0.5, 0.6) is 0 Å². The van der Waals surface area contributed by atoms with Crippen LogP contribution in [0.3, 0.4) is 0 Å². The molecule has 19 heavy (non-hydrogen) atoms. The van der Waals surface area contributed by atoms with Gasteiger partial charge in [-0.05, 0) is 36.8 Å². The number of nitrogens with two attached hydrogens (primary N) is 1. The predicted molar refractivity (Wildman–Crippen MR) is 80.3 cm³/mol. The van der Waals surface area contributed by atoms with Gasteiger partial charge in [0.05, 0.1) is 0 Å². The van der Waals surface area contributed by atoms with Crippen molar-refractivity contribution in [3.05, 3.63) is 36.7 Å². The van der Waals surface area contributed by atoms with E-state index in [0.717, 1.165) is 13.0 Å². The van der Waals surface area contributed by atoms with Crippen molar-refractivity contribution in [2.75, 3.05) is 11.4 Å². The Morgan fingerprint density at radius 3 is 2.95 bits per heavy atom. The molecule has 3 nitrogen and oxygen atoms in total. The number of fused-ring (bicyclic) bond motifs is 1. The molecule has 1 aromatic carbocycles. The maximum absolute atomic E-state index is 6.18. The highest BCUT2D eigenvalue weighted by molar-refractivity contribution is 5.93. The minimum absolute atomic E-state index is 0.319. The highest BCUT2D eigenvalue weighted by Gasteiger charge is 2.30. The van der Waals surface area contributed by atoms with Crippen LogP contribution in [0, 0.1) is 5.92 Å². The molecular formula is C16H21N3. The number of hydrogen-bond donors (Lipinski definition) is 1. The number of anilines is 1. The highest BCUT2D eigenvalue weighted by atomic mass is 15.2. The Balaban J connectivity index is 2.05. The standard InChI is InChI=1S/C16H21N3/c1-11-12(2)19(9-7-15(11)17)16-5-3-4-13-6-8-18-10-14(13)16/h3-6,8,10-12,15H,7,9,17H2,1-2H3. The average molecular weight is 255 g/mol. The van der Waals surface area contributed by atoms with Gasteiger partial charge in [-0.15, -0.1) is 0 Å². The van der Waals surface area contributed by atoms with Gasteiger partial charge in [-0.25, -0.2) is 0 Å². The van der Waals surface area contributed by atoms with E-state index in [1.807, 2.05) is 12.4 Å². The first-order chi connectivity index (χ1) is 9.18. The first kappa shape index (κ1) is 12.4. The minimum Gasteiger partial charge on any atom is -0.368 e. The van der Waals surface area contributed by atoms with Crippen molar-refractivity contribution in [3.8, 4) is 0 Å². The summed E-state index contributed by atoms with van der Waals surface area (Å²) in [5.74, 6) is 0.515. The minimum atomic E-state index is 0.319. The van der Waals surface area contributed by atoms with E-state index in [1.165, 1.54) is 16.5 Å². The number of aromatic nitrogens is 1. The van der Waals surface area contributed by atoms with Crippen LogP contribution >= 0.6 is 0 Å². The predicted octanol–water partition coefficient (Wildman–Crippen LogP) is 2.80. The Hall–Kier alpha value is -1.61. The second kappa shape index (κ2) is 4.82. The summed E-state index contributed by atoms with van der Waals surface area (Å²) in [6, 6.07) is 9.33. The third-order valence-corrected chi connectivity index (χ3v) is 4.60. The molecule has 0 radical (unpaired) electrons. The molecule has 0 aliphatic carbocycles. The monoisotopic (exact) mass is 255 g/mol. The van der Waals surface area contributed by atoms with E-state index in [2.05, 4.69) is 48.0 Å². The summed E-state index contributed by atoms with van der Waals surface area (Å²) < 4.78 is 0. The van der Waals surface area contributed by atoms with E-state index in [-0.39, 0.29) is 0 Å². The molecule has 1 aliphatic rings. The zero-order valence-electron chi connectivity index (χ0n) is 11.6. The van der Waals surface area contributed by atoms with Crippen molar-refractivity contribution in [1.29, 1.82) is 0 Å². The Morgan fingerprint density at radius 2 is 2.11 bits per heavy atom. The van der Waals surface area contributed by atoms with E-state index < -0.39 is 0 Å². The number of pyridine rings is 1. The number of rotatable bonds is 1. The lowest BCUT2D eigenvalue weighted by atomic mass is 9.87. The van der Waals surface area contributed by atoms with Gasteiger partial charge < -0.3 is 10.6 Å². The molecule has 2 aromatic rings. The molecule has 3 rings (SSSR count). The van der Waals surface area contributed by atoms with Gasteiger partial charge in [0.2, 0.25) is 0 Å². The molecular weight excluding hydrogens is 234 g/mol. The second-order valence-corrected chi connectivity index (χ2v) is 5.62. The van der Waals surface area contributed by atoms with Crippen molar-refractivity contribution >= 4 is 16.5 Å². The molecule has 3 atom stereocenters. The van der Waals surface area contributed by atoms with Crippen LogP contribution < -0.4 is 10.6 Å². The van der Waals surface area contributed by atoms with Crippen molar-refractivity contribution < 1.29 is 0 Å². The molecule has 2 N–H and O–H groups in total. The van der Waals surface area contributed by atoms with Crippen LogP contribution in [0.15, 0.2) is 36.7 Å². The normalized spacial score (nSPS) is 27.7. The smallest absolute Gasteiger partial charge is 0.0464 e. The van der Waals surface area contributed by atoms with Crippen LogP contribution in [0.25, 0.3) is 10.8 Å². The molecule has 0 amide bonds. The molecule has 1 aromatic heterocycles. The maximum Gasteiger partial charge on any atom is 0.0464 e. The fourth-order valence-electron chi connectivity index (χ4n) is 3.08. The highest BCUT2D eigenvalue weighted by Crippen LogP contribution is 2.32. The van der Waals surface area contributed by atoms with Crippen LogP contribution in [0.2, 0.25) is 0 Å². The Bertz CT molecular complexity index is 576. The summed E-state index contributed by atoms with van der Waals surface area (Å²) >= 11 is 0. The second-order valence-electron chi connectivity index (χ2n) is 5.62. The quantitative estimate of drug-likeness (QED) is 0.852. The van der Waals surface area contributed by atoms with Crippen LogP contribution in [0.4, 0.5) is 5.69 Å². The summed E-state index contributed by atoms with van der Waals surface area (Å²) in [6.45, 7) is 5.56. The number of piperidine rings is 1. The molecule has 0 bridgehead atoms. The van der Waals surface area contributed by atoms with Crippen molar-refractivity contribution in [2.24, 2.45) is 11.7 Å². The molecule has 0 spiro atoms. The van der Waals surface area contributed by atoms with Gasteiger partial charge in [0, 0.05) is 42.1 Å². The van der Waals surface area contributed by atoms with E-state index in [0.29, 0.717) is 18.0 Å². The van der Waals surface area contributed by atoms with Gasteiger partial charge in [0.15, 0.2) is 0 Å². The van der Waals surface area contributed by atoms with E-state index in [9.17, 15) is 0 Å². The van der Waals surface area contributed by atoms with Crippen molar-refractivity contribution in [1.82, 2.24) is 4.98 Å². The Morgan fingerprint density at radius 1 is 1.26 bits per heavy atom. The summed E-state index contributed by atoms with van der Waals surface area (Å²) in [6.07, 6.45) is 4.88. The lowest BCUT2D eigenvalue weighted by Crippen LogP contribution is -2.51. The third-order valence-electron chi connectivity index (χ3n) is 4.60. The molecule has 3 unspecified atom stereocenters. The van der Waals surface area contributed by atoms with E-state index in [1.54, 1.807) is 0 Å². The average Bonchev–Trinajstić information content (AvgIpc) is 2.45. The maximum atomic E-state index is 6.18. The molecule has 2 heterocycles. The zero-order valence-corrected chi connectivity index (χ0v) is 11.6. The fraction of sp³-hybridized carbons (Fsp3) is 0.438. The summed E-state index contributed by atoms with van der Waals surface area (Å²) in [5.41, 5.74) is 7.47. The fourth-order valence-corrected chi connectivity index (χ4v) is 3.08. The summed E-state index contributed by atoms with van der Waals surface area (Å²) in [5, 5.41) is 2.49. The summed E-state index contributed by atoms with van der Waals surface area (Å²) in [7, 11) is 0. The Labute approximate surface area is 114 Å². The molecule has 1 saturated heterocycles. The number of nitrogens with zero attached hydrogens (tertiary/aromatic N) is 2. The molecule has 100 valence electrons. The molecule has 0 saturated carbocycles. The van der Waals surface area contributed by atoms with Gasteiger partial charge in [-0.3, -0.25) is 4.98 Å². The van der Waals surface area contributed by atoms with E-state index in [4.69, 9.17) is 5.73 Å². The lowest BCUT2D eigenvalue weighted by molar-refractivity contribution is 0.316. The third kappa shape index (κ3) is 2.08. The van der Waals surface area contributed by atoms with Gasteiger partial charge >= 0.3 is 0 Å².